The second kappa shape index (κ2) is 9.30. The number of benzene rings is 1. The Balaban J connectivity index is 1.55. The van der Waals surface area contributed by atoms with E-state index in [9.17, 15) is 17.4 Å². The Bertz CT molecular complexity index is 1410. The van der Waals surface area contributed by atoms with Crippen LogP contribution >= 0.6 is 0 Å². The highest BCUT2D eigenvalue weighted by Gasteiger charge is 2.22. The third-order valence-electron chi connectivity index (χ3n) is 6.10. The summed E-state index contributed by atoms with van der Waals surface area (Å²) in [6.07, 6.45) is 7.42. The molecule has 4 aromatic rings. The van der Waals surface area contributed by atoms with Gasteiger partial charge in [0, 0.05) is 36.1 Å². The zero-order valence-corrected chi connectivity index (χ0v) is 19.5. The Morgan fingerprint density at radius 1 is 1.23 bits per heavy atom. The lowest BCUT2D eigenvalue weighted by Gasteiger charge is -2.22. The first-order valence-corrected chi connectivity index (χ1v) is 12.2. The number of nitrogens with zero attached hydrogens (tertiary/aromatic N) is 5. The largest absolute Gasteiger partial charge is 0.383 e. The van der Waals surface area contributed by atoms with Crippen molar-refractivity contribution in [2.24, 2.45) is 7.05 Å². The third-order valence-corrected chi connectivity index (χ3v) is 6.85. The Labute approximate surface area is 201 Å². The van der Waals surface area contributed by atoms with E-state index in [0.29, 0.717) is 28.2 Å². The molecule has 1 saturated heterocycles. The van der Waals surface area contributed by atoms with Crippen LogP contribution in [0.1, 0.15) is 18.9 Å². The van der Waals surface area contributed by atoms with Gasteiger partial charge in [-0.3, -0.25) is 14.1 Å². The number of hydrogen-bond donors (Lipinski definition) is 3. The summed E-state index contributed by atoms with van der Waals surface area (Å²) >= 11 is 0. The number of piperidine rings is 1. The van der Waals surface area contributed by atoms with Crippen molar-refractivity contribution in [3.05, 3.63) is 42.6 Å². The number of anilines is 2. The van der Waals surface area contributed by atoms with E-state index in [1.54, 1.807) is 24.1 Å². The molecule has 0 spiro atoms. The van der Waals surface area contributed by atoms with Crippen LogP contribution in [0.4, 0.5) is 24.7 Å². The van der Waals surface area contributed by atoms with E-state index in [1.807, 2.05) is 15.6 Å². The number of nitrogens with one attached hydrogen (secondary N) is 2. The lowest BCUT2D eigenvalue weighted by Crippen LogP contribution is -2.29. The first-order chi connectivity index (χ1) is 16.8. The van der Waals surface area contributed by atoms with Crippen molar-refractivity contribution < 1.29 is 17.4 Å². The molecule has 1 unspecified atom stereocenters. The highest BCUT2D eigenvalue weighted by Crippen LogP contribution is 2.37. The number of aryl methyl sites for hydroxylation is 1. The Morgan fingerprint density at radius 3 is 2.71 bits per heavy atom. The van der Waals surface area contributed by atoms with Gasteiger partial charge in [-0.2, -0.15) is 19.0 Å². The molecule has 0 bridgehead atoms. The maximum Gasteiger partial charge on any atom is 0.330 e. The molecular formula is C22H23F3N8OS. The van der Waals surface area contributed by atoms with Crippen LogP contribution in [0.2, 0.25) is 0 Å². The first-order valence-electron chi connectivity index (χ1n) is 10.9. The molecule has 13 heteroatoms. The number of rotatable bonds is 6. The molecule has 35 heavy (non-hydrogen) atoms. The average molecular weight is 505 g/mol. The first kappa shape index (κ1) is 23.3. The molecule has 1 aliphatic rings. The fourth-order valence-electron chi connectivity index (χ4n) is 4.39. The van der Waals surface area contributed by atoms with E-state index in [4.69, 9.17) is 5.73 Å². The number of nitrogens with two attached hydrogens (primary N) is 1. The molecule has 3 aromatic heterocycles. The highest BCUT2D eigenvalue weighted by atomic mass is 32.2. The molecular weight excluding hydrogens is 481 g/mol. The second-order valence-corrected chi connectivity index (χ2v) is 9.45. The van der Waals surface area contributed by atoms with Crippen LogP contribution in [-0.4, -0.2) is 47.6 Å². The van der Waals surface area contributed by atoms with Gasteiger partial charge in [0.05, 0.1) is 28.8 Å². The van der Waals surface area contributed by atoms with E-state index in [0.717, 1.165) is 43.1 Å². The smallest absolute Gasteiger partial charge is 0.330 e. The molecule has 0 aliphatic carbocycles. The van der Waals surface area contributed by atoms with Gasteiger partial charge in [-0.15, -0.1) is 0 Å². The molecule has 9 nitrogen and oxygen atoms in total. The van der Waals surface area contributed by atoms with Gasteiger partial charge < -0.3 is 11.1 Å². The van der Waals surface area contributed by atoms with E-state index in [-0.39, 0.29) is 11.5 Å². The fourth-order valence-corrected chi connectivity index (χ4v) is 4.87. The highest BCUT2D eigenvalue weighted by molar-refractivity contribution is 7.86. The lowest BCUT2D eigenvalue weighted by atomic mass is 10.0. The number of fused-ring (bicyclic) bond motifs is 1. The molecule has 0 saturated carbocycles. The van der Waals surface area contributed by atoms with E-state index in [2.05, 4.69) is 20.5 Å². The van der Waals surface area contributed by atoms with Crippen molar-refractivity contribution in [1.82, 2.24) is 29.9 Å². The van der Waals surface area contributed by atoms with Crippen LogP contribution in [0, 0.1) is 5.82 Å². The maximum atomic E-state index is 14.7. The Kier molecular flexibility index (Phi) is 6.19. The standard InChI is InChI=1S/C22H23F3N8OS/c1-32-20-15(13-9-29-33(11-13)14-4-6-27-7-5-14)10-28-21(26)18(20)19(30-32)12-2-3-17(16(23)8-12)31-35(34)22(24)25/h2-3,8-11,14,22,27,31H,4-7H2,1H3,(H2,26,28). The SMILES string of the molecule is Cn1nc(-c2ccc(NS(=O)C(F)F)c(F)c2)c2c(N)ncc(-c3cnn(C4CCNCC4)c3)c21. The molecule has 1 aliphatic heterocycles. The zero-order valence-electron chi connectivity index (χ0n) is 18.7. The molecule has 0 amide bonds. The molecule has 0 radical (unpaired) electrons. The summed E-state index contributed by atoms with van der Waals surface area (Å²) < 4.78 is 56.7. The Morgan fingerprint density at radius 2 is 2.00 bits per heavy atom. The molecule has 5 rings (SSSR count). The summed E-state index contributed by atoms with van der Waals surface area (Å²) in [6, 6.07) is 4.19. The zero-order chi connectivity index (χ0) is 24.7. The fraction of sp³-hybridized carbons (Fsp3) is 0.318. The van der Waals surface area contributed by atoms with Crippen LogP contribution < -0.4 is 15.8 Å². The molecule has 4 N–H and O–H groups in total. The summed E-state index contributed by atoms with van der Waals surface area (Å²) in [6.45, 7) is 1.89. The lowest BCUT2D eigenvalue weighted by molar-refractivity contribution is 0.244. The molecule has 1 aromatic carbocycles. The number of hydrogen-bond acceptors (Lipinski definition) is 6. The van der Waals surface area contributed by atoms with Crippen molar-refractivity contribution in [2.45, 2.75) is 24.6 Å². The van der Waals surface area contributed by atoms with Crippen molar-refractivity contribution >= 4 is 33.4 Å². The van der Waals surface area contributed by atoms with Crippen LogP contribution in [0.5, 0.6) is 0 Å². The predicted octanol–water partition coefficient (Wildman–Crippen LogP) is 3.44. The van der Waals surface area contributed by atoms with Gasteiger partial charge in [0.15, 0.2) is 11.0 Å². The third kappa shape index (κ3) is 4.36. The van der Waals surface area contributed by atoms with Gasteiger partial charge in [-0.05, 0) is 38.1 Å². The predicted molar refractivity (Wildman–Crippen MR) is 128 cm³/mol. The van der Waals surface area contributed by atoms with Crippen LogP contribution in [0.15, 0.2) is 36.8 Å². The van der Waals surface area contributed by atoms with Crippen molar-refractivity contribution in [2.75, 3.05) is 23.5 Å². The van der Waals surface area contributed by atoms with Gasteiger partial charge in [-0.25, -0.2) is 13.6 Å². The van der Waals surface area contributed by atoms with Gasteiger partial charge in [-0.1, -0.05) is 6.07 Å². The van der Waals surface area contributed by atoms with Crippen LogP contribution in [0.25, 0.3) is 33.3 Å². The quantitative estimate of drug-likeness (QED) is 0.371. The van der Waals surface area contributed by atoms with E-state index in [1.165, 1.54) is 12.1 Å². The minimum atomic E-state index is -3.14. The number of aromatic nitrogens is 5. The molecule has 1 fully saturated rings. The van der Waals surface area contributed by atoms with Gasteiger partial charge in [0.1, 0.15) is 17.3 Å². The summed E-state index contributed by atoms with van der Waals surface area (Å²) in [5.41, 5.74) is 9.03. The Hall–Kier alpha value is -3.45. The molecule has 1 atom stereocenters. The number of nitrogen functional groups attached to an aromatic ring is 1. The second-order valence-electron chi connectivity index (χ2n) is 8.30. The minimum absolute atomic E-state index is 0.221. The van der Waals surface area contributed by atoms with Crippen molar-refractivity contribution in [1.29, 1.82) is 0 Å². The van der Waals surface area contributed by atoms with Crippen LogP contribution in [0.3, 0.4) is 0 Å². The van der Waals surface area contributed by atoms with Gasteiger partial charge in [0.25, 0.3) is 0 Å². The summed E-state index contributed by atoms with van der Waals surface area (Å²) in [7, 11) is -0.961. The van der Waals surface area contributed by atoms with Crippen molar-refractivity contribution in [3.63, 3.8) is 0 Å². The number of alkyl halides is 2. The summed E-state index contributed by atoms with van der Waals surface area (Å²) in [4.78, 5) is 4.35. The maximum absolute atomic E-state index is 14.7. The number of pyridine rings is 1. The topological polar surface area (TPSA) is 116 Å². The van der Waals surface area contributed by atoms with Crippen molar-refractivity contribution in [3.8, 4) is 22.4 Å². The monoisotopic (exact) mass is 504 g/mol. The molecule has 4 heterocycles. The normalized spacial score (nSPS) is 15.7. The average Bonchev–Trinajstić information content (AvgIpc) is 3.47. The minimum Gasteiger partial charge on any atom is -0.383 e. The van der Waals surface area contributed by atoms with Crippen LogP contribution in [-0.2, 0) is 18.0 Å². The van der Waals surface area contributed by atoms with Gasteiger partial charge in [0.2, 0.25) is 0 Å². The van der Waals surface area contributed by atoms with E-state index < -0.39 is 22.6 Å². The van der Waals surface area contributed by atoms with E-state index >= 15 is 0 Å². The van der Waals surface area contributed by atoms with Gasteiger partial charge >= 0.3 is 5.76 Å². The summed E-state index contributed by atoms with van der Waals surface area (Å²) in [5, 5.41) is 13.0. The number of halogens is 3. The summed E-state index contributed by atoms with van der Waals surface area (Å²) in [5.74, 6) is -3.77. The molecule has 184 valence electrons.